The molecular formula is C20H21ClF2N4O4S. The Morgan fingerprint density at radius 3 is 2.44 bits per heavy atom. The third kappa shape index (κ3) is 5.41. The molecule has 0 bridgehead atoms. The van der Waals surface area contributed by atoms with Crippen LogP contribution in [0.15, 0.2) is 42.5 Å². The molecule has 12 heteroatoms. The van der Waals surface area contributed by atoms with E-state index in [2.05, 4.69) is 15.4 Å². The van der Waals surface area contributed by atoms with Crippen LogP contribution in [0.3, 0.4) is 0 Å². The molecular weight excluding hydrogens is 466 g/mol. The molecule has 32 heavy (non-hydrogen) atoms. The second-order valence-corrected chi connectivity index (χ2v) is 9.51. The molecule has 0 saturated carbocycles. The van der Waals surface area contributed by atoms with Crippen LogP contribution >= 0.6 is 11.6 Å². The van der Waals surface area contributed by atoms with Crippen LogP contribution < -0.4 is 15.4 Å². The molecule has 1 aliphatic heterocycles. The largest absolute Gasteiger partial charge is 0.348 e. The average molecular weight is 487 g/mol. The van der Waals surface area contributed by atoms with Gasteiger partial charge in [0.15, 0.2) is 0 Å². The van der Waals surface area contributed by atoms with Crippen LogP contribution in [0.25, 0.3) is 0 Å². The summed E-state index contributed by atoms with van der Waals surface area (Å²) in [6.07, 6.45) is -0.154. The van der Waals surface area contributed by atoms with Crippen molar-refractivity contribution in [2.45, 2.75) is 31.5 Å². The number of carbonyl (C=O) groups excluding carboxylic acids is 2. The molecule has 8 nitrogen and oxygen atoms in total. The van der Waals surface area contributed by atoms with E-state index in [1.165, 1.54) is 43.4 Å². The number of rotatable bonds is 5. The van der Waals surface area contributed by atoms with E-state index in [0.29, 0.717) is 5.56 Å². The molecule has 3 atom stereocenters. The molecule has 3 rings (SSSR count). The van der Waals surface area contributed by atoms with Gasteiger partial charge in [0.2, 0.25) is 11.8 Å². The molecule has 3 N–H and O–H groups in total. The predicted molar refractivity (Wildman–Crippen MR) is 115 cm³/mol. The van der Waals surface area contributed by atoms with Gasteiger partial charge >= 0.3 is 0 Å². The van der Waals surface area contributed by atoms with Crippen molar-refractivity contribution in [1.82, 2.24) is 14.3 Å². The van der Waals surface area contributed by atoms with Crippen molar-refractivity contribution in [3.8, 4) is 0 Å². The lowest BCUT2D eigenvalue weighted by molar-refractivity contribution is -0.125. The zero-order valence-corrected chi connectivity index (χ0v) is 18.7. The first kappa shape index (κ1) is 24.1. The van der Waals surface area contributed by atoms with E-state index in [9.17, 15) is 26.8 Å². The topological polar surface area (TPSA) is 108 Å². The van der Waals surface area contributed by atoms with Gasteiger partial charge in [-0.05, 0) is 49.2 Å². The highest BCUT2D eigenvalue weighted by molar-refractivity contribution is 7.87. The van der Waals surface area contributed by atoms with Crippen LogP contribution in [-0.4, -0.2) is 43.7 Å². The molecule has 1 heterocycles. The normalized spacial score (nSPS) is 21.5. The van der Waals surface area contributed by atoms with E-state index in [4.69, 9.17) is 11.6 Å². The zero-order chi connectivity index (χ0) is 23.6. The standard InChI is InChI=1S/C20H21ClF2N4O4S/c1-11(12-3-5-13(22)6-4-12)24-19(28)17-10-18(27(2)32(30,31)26-17)20(29)25-14-7-8-16(23)15(21)9-14/h3-9,11,17-18,26H,10H2,1-2H3,(H,24,28)(H,25,29). The molecule has 2 amide bonds. The van der Waals surface area contributed by atoms with E-state index < -0.39 is 51.8 Å². The van der Waals surface area contributed by atoms with Crippen molar-refractivity contribution in [3.05, 3.63) is 64.7 Å². The van der Waals surface area contributed by atoms with Gasteiger partial charge < -0.3 is 10.6 Å². The Bertz CT molecular complexity index is 1130. The molecule has 0 radical (unpaired) electrons. The van der Waals surface area contributed by atoms with Crippen molar-refractivity contribution < 1.29 is 26.8 Å². The van der Waals surface area contributed by atoms with E-state index in [1.54, 1.807) is 6.92 Å². The predicted octanol–water partition coefficient (Wildman–Crippen LogP) is 2.34. The summed E-state index contributed by atoms with van der Waals surface area (Å²) in [6, 6.07) is 6.09. The summed E-state index contributed by atoms with van der Waals surface area (Å²) in [4.78, 5) is 25.5. The average Bonchev–Trinajstić information content (AvgIpc) is 2.72. The van der Waals surface area contributed by atoms with E-state index in [1.807, 2.05) is 0 Å². The monoisotopic (exact) mass is 486 g/mol. The lowest BCUT2D eigenvalue weighted by Crippen LogP contribution is -2.62. The van der Waals surface area contributed by atoms with Crippen LogP contribution in [0.2, 0.25) is 5.02 Å². The first-order valence-electron chi connectivity index (χ1n) is 9.55. The third-order valence-electron chi connectivity index (χ3n) is 5.10. The highest BCUT2D eigenvalue weighted by atomic mass is 35.5. The number of likely N-dealkylation sites (N-methyl/N-ethyl adjacent to an activating group) is 1. The van der Waals surface area contributed by atoms with Crippen molar-refractivity contribution in [3.63, 3.8) is 0 Å². The molecule has 1 saturated heterocycles. The molecule has 1 aliphatic rings. The lowest BCUT2D eigenvalue weighted by atomic mass is 10.0. The first-order valence-corrected chi connectivity index (χ1v) is 11.4. The molecule has 1 fully saturated rings. The van der Waals surface area contributed by atoms with Gasteiger partial charge in [-0.25, -0.2) is 8.78 Å². The van der Waals surface area contributed by atoms with Crippen molar-refractivity contribution >= 4 is 39.3 Å². The smallest absolute Gasteiger partial charge is 0.280 e. The van der Waals surface area contributed by atoms with E-state index in [-0.39, 0.29) is 17.1 Å². The fourth-order valence-corrected chi connectivity index (χ4v) is 4.66. The minimum Gasteiger partial charge on any atom is -0.348 e. The second kappa shape index (κ2) is 9.49. The number of hydrogen-bond acceptors (Lipinski definition) is 4. The Labute approximate surface area is 189 Å². The Balaban J connectivity index is 1.73. The molecule has 2 aromatic carbocycles. The first-order chi connectivity index (χ1) is 15.0. The quantitative estimate of drug-likeness (QED) is 0.603. The lowest BCUT2D eigenvalue weighted by Gasteiger charge is -2.35. The summed E-state index contributed by atoms with van der Waals surface area (Å²) in [7, 11) is -2.93. The molecule has 2 aromatic rings. The third-order valence-corrected chi connectivity index (χ3v) is 6.99. The van der Waals surface area contributed by atoms with Gasteiger partial charge in [-0.1, -0.05) is 23.7 Å². The SMILES string of the molecule is CC(NC(=O)C1CC(C(=O)Nc2ccc(F)c(Cl)c2)N(C)S(=O)(=O)N1)c1ccc(F)cc1. The number of nitrogens with one attached hydrogen (secondary N) is 3. The number of nitrogens with zero attached hydrogens (tertiary/aromatic N) is 1. The van der Waals surface area contributed by atoms with Crippen LogP contribution in [0.1, 0.15) is 24.9 Å². The molecule has 3 unspecified atom stereocenters. The number of benzene rings is 2. The molecule has 172 valence electrons. The summed E-state index contributed by atoms with van der Waals surface area (Å²) in [6.45, 7) is 1.66. The highest BCUT2D eigenvalue weighted by Crippen LogP contribution is 2.23. The van der Waals surface area contributed by atoms with Gasteiger partial charge in [0.05, 0.1) is 11.1 Å². The van der Waals surface area contributed by atoms with Crippen LogP contribution in [0, 0.1) is 11.6 Å². The number of hydrogen-bond donors (Lipinski definition) is 3. The number of carbonyl (C=O) groups is 2. The van der Waals surface area contributed by atoms with Gasteiger partial charge in [-0.2, -0.15) is 17.4 Å². The van der Waals surface area contributed by atoms with Gasteiger partial charge in [0, 0.05) is 12.7 Å². The Morgan fingerprint density at radius 1 is 1.16 bits per heavy atom. The van der Waals surface area contributed by atoms with Crippen LogP contribution in [0.5, 0.6) is 0 Å². The number of amides is 2. The Hall–Kier alpha value is -2.60. The second-order valence-electron chi connectivity index (χ2n) is 7.34. The summed E-state index contributed by atoms with van der Waals surface area (Å²) < 4.78 is 54.5. The van der Waals surface area contributed by atoms with Crippen molar-refractivity contribution in [2.75, 3.05) is 12.4 Å². The summed E-state index contributed by atoms with van der Waals surface area (Å²) in [5, 5.41) is 4.94. The Kier molecular flexibility index (Phi) is 7.13. The van der Waals surface area contributed by atoms with Gasteiger partial charge in [-0.15, -0.1) is 0 Å². The fraction of sp³-hybridized carbons (Fsp3) is 0.300. The van der Waals surface area contributed by atoms with Gasteiger partial charge in [0.1, 0.15) is 23.7 Å². The minimum absolute atomic E-state index is 0.154. The maximum absolute atomic E-state index is 13.3. The number of anilines is 1. The molecule has 0 aromatic heterocycles. The van der Waals surface area contributed by atoms with E-state index >= 15 is 0 Å². The molecule has 0 aliphatic carbocycles. The maximum atomic E-state index is 13.3. The van der Waals surface area contributed by atoms with Gasteiger partial charge in [-0.3, -0.25) is 9.59 Å². The van der Waals surface area contributed by atoms with Crippen LogP contribution in [-0.2, 0) is 19.8 Å². The maximum Gasteiger partial charge on any atom is 0.280 e. The summed E-state index contributed by atoms with van der Waals surface area (Å²) >= 11 is 5.71. The Morgan fingerprint density at radius 2 is 1.81 bits per heavy atom. The summed E-state index contributed by atoms with van der Waals surface area (Å²) in [5.41, 5.74) is 0.801. The van der Waals surface area contributed by atoms with Crippen molar-refractivity contribution in [1.29, 1.82) is 0 Å². The summed E-state index contributed by atoms with van der Waals surface area (Å²) in [5.74, 6) is -2.43. The number of halogens is 3. The highest BCUT2D eigenvalue weighted by Gasteiger charge is 2.43. The minimum atomic E-state index is -4.14. The van der Waals surface area contributed by atoms with E-state index in [0.717, 1.165) is 10.4 Å². The van der Waals surface area contributed by atoms with Crippen molar-refractivity contribution in [2.24, 2.45) is 0 Å². The van der Waals surface area contributed by atoms with Gasteiger partial charge in [0.25, 0.3) is 10.2 Å². The molecule has 0 spiro atoms. The zero-order valence-electron chi connectivity index (χ0n) is 17.1. The fourth-order valence-electron chi connectivity index (χ4n) is 3.23. The van der Waals surface area contributed by atoms with Crippen LogP contribution in [0.4, 0.5) is 14.5 Å².